The first-order valence-electron chi connectivity index (χ1n) is 6.31. The maximum Gasteiger partial charge on any atom is 0.311 e. The highest BCUT2D eigenvalue weighted by Gasteiger charge is 2.17. The number of nitro groups is 1. The molecule has 0 unspecified atom stereocenters. The Balaban J connectivity index is 2.40. The Labute approximate surface area is 121 Å². The van der Waals surface area contributed by atoms with Crippen molar-refractivity contribution in [2.45, 2.75) is 20.3 Å². The van der Waals surface area contributed by atoms with Gasteiger partial charge in [-0.1, -0.05) is 13.0 Å². The first kappa shape index (κ1) is 14.7. The van der Waals surface area contributed by atoms with Crippen molar-refractivity contribution in [3.05, 3.63) is 45.8 Å². The van der Waals surface area contributed by atoms with Crippen molar-refractivity contribution in [3.63, 3.8) is 0 Å². The number of anilines is 1. The van der Waals surface area contributed by atoms with Gasteiger partial charge in [-0.05, 0) is 18.6 Å². The number of rotatable bonds is 5. The normalized spacial score (nSPS) is 10.2. The van der Waals surface area contributed by atoms with Crippen molar-refractivity contribution in [2.24, 2.45) is 5.84 Å². The first-order chi connectivity index (χ1) is 10.0. The predicted molar refractivity (Wildman–Crippen MR) is 77.1 cm³/mol. The van der Waals surface area contributed by atoms with Gasteiger partial charge in [0, 0.05) is 18.6 Å². The predicted octanol–water partition coefficient (Wildman–Crippen LogP) is 2.33. The highest BCUT2D eigenvalue weighted by Crippen LogP contribution is 2.31. The molecule has 0 aliphatic rings. The van der Waals surface area contributed by atoms with E-state index in [4.69, 9.17) is 10.6 Å². The molecular formula is C13H15N5O3. The number of nitrogens with one attached hydrogen (secondary N) is 1. The van der Waals surface area contributed by atoms with E-state index in [0.29, 0.717) is 18.1 Å². The zero-order chi connectivity index (χ0) is 15.4. The molecule has 2 aromatic rings. The molecule has 0 bridgehead atoms. The zero-order valence-corrected chi connectivity index (χ0v) is 11.7. The second-order valence-corrected chi connectivity index (χ2v) is 4.34. The number of benzene rings is 1. The maximum absolute atomic E-state index is 11.1. The van der Waals surface area contributed by atoms with Gasteiger partial charge in [0.2, 0.25) is 11.6 Å². The number of nitrogens with zero attached hydrogens (tertiary/aromatic N) is 3. The van der Waals surface area contributed by atoms with Gasteiger partial charge < -0.3 is 10.2 Å². The fraction of sp³-hybridized carbons (Fsp3) is 0.231. The molecule has 21 heavy (non-hydrogen) atoms. The number of nitrogens with two attached hydrogens (primary N) is 1. The molecule has 0 aliphatic heterocycles. The molecule has 8 nitrogen and oxygen atoms in total. The van der Waals surface area contributed by atoms with Crippen LogP contribution in [0.4, 0.5) is 11.5 Å². The summed E-state index contributed by atoms with van der Waals surface area (Å²) in [5, 5.41) is 11.1. The number of hydrogen-bond donors (Lipinski definition) is 2. The van der Waals surface area contributed by atoms with Crippen molar-refractivity contribution in [1.82, 2.24) is 9.97 Å². The van der Waals surface area contributed by atoms with Gasteiger partial charge in [0.05, 0.1) is 4.92 Å². The molecule has 0 fully saturated rings. The number of hydrazine groups is 1. The minimum Gasteiger partial charge on any atom is -0.432 e. The lowest BCUT2D eigenvalue weighted by Gasteiger charge is -2.09. The third-order valence-electron chi connectivity index (χ3n) is 2.74. The summed E-state index contributed by atoms with van der Waals surface area (Å²) < 4.78 is 5.52. The van der Waals surface area contributed by atoms with Crippen molar-refractivity contribution in [1.29, 1.82) is 0 Å². The Hall–Kier alpha value is -2.74. The molecular weight excluding hydrogens is 274 g/mol. The van der Waals surface area contributed by atoms with E-state index >= 15 is 0 Å². The molecule has 0 saturated carbocycles. The molecule has 1 heterocycles. The summed E-state index contributed by atoms with van der Waals surface area (Å²) in [6, 6.07) is 6.19. The van der Waals surface area contributed by atoms with Crippen LogP contribution in [0.3, 0.4) is 0 Å². The van der Waals surface area contributed by atoms with Gasteiger partial charge in [-0.25, -0.2) is 10.8 Å². The average Bonchev–Trinajstić information content (AvgIpc) is 2.48. The molecule has 2 rings (SSSR count). The molecule has 0 spiro atoms. The molecule has 0 saturated heterocycles. The smallest absolute Gasteiger partial charge is 0.311 e. The fourth-order valence-corrected chi connectivity index (χ4v) is 1.73. The summed E-state index contributed by atoms with van der Waals surface area (Å²) in [6.07, 6.45) is 0.585. The van der Waals surface area contributed by atoms with Crippen LogP contribution in [-0.4, -0.2) is 14.9 Å². The van der Waals surface area contributed by atoms with E-state index in [2.05, 4.69) is 15.4 Å². The van der Waals surface area contributed by atoms with E-state index in [1.807, 2.05) is 6.92 Å². The minimum absolute atomic E-state index is 0.117. The van der Waals surface area contributed by atoms with Crippen molar-refractivity contribution < 1.29 is 9.66 Å². The summed E-state index contributed by atoms with van der Waals surface area (Å²) in [7, 11) is 0. The van der Waals surface area contributed by atoms with E-state index in [-0.39, 0.29) is 17.3 Å². The molecule has 0 aliphatic carbocycles. The van der Waals surface area contributed by atoms with Crippen LogP contribution < -0.4 is 16.0 Å². The Bertz CT molecular complexity index is 653. The second-order valence-electron chi connectivity index (χ2n) is 4.34. The van der Waals surface area contributed by atoms with Crippen LogP contribution in [0, 0.1) is 17.0 Å². The zero-order valence-electron chi connectivity index (χ0n) is 11.7. The summed E-state index contributed by atoms with van der Waals surface area (Å²) >= 11 is 0. The Kier molecular flexibility index (Phi) is 4.29. The van der Waals surface area contributed by atoms with E-state index in [1.165, 1.54) is 18.2 Å². The van der Waals surface area contributed by atoms with Gasteiger partial charge in [0.1, 0.15) is 11.6 Å². The fourth-order valence-electron chi connectivity index (χ4n) is 1.73. The Morgan fingerprint density at radius 2 is 2.14 bits per heavy atom. The van der Waals surface area contributed by atoms with E-state index in [0.717, 1.165) is 5.56 Å². The highest BCUT2D eigenvalue weighted by atomic mass is 16.6. The molecule has 8 heteroatoms. The molecule has 0 amide bonds. The van der Waals surface area contributed by atoms with E-state index in [1.54, 1.807) is 13.0 Å². The van der Waals surface area contributed by atoms with Crippen LogP contribution in [0.25, 0.3) is 0 Å². The first-order valence-corrected chi connectivity index (χ1v) is 6.31. The van der Waals surface area contributed by atoms with Crippen LogP contribution in [0.2, 0.25) is 0 Å². The molecule has 1 aromatic carbocycles. The SMILES string of the molecule is CCc1nc(NN)cc(Oc2ccc(C)cc2[N+](=O)[O-])n1. The maximum atomic E-state index is 11.1. The van der Waals surface area contributed by atoms with Gasteiger partial charge in [-0.15, -0.1) is 0 Å². The number of ether oxygens (including phenoxy) is 1. The van der Waals surface area contributed by atoms with E-state index < -0.39 is 4.92 Å². The lowest BCUT2D eigenvalue weighted by Crippen LogP contribution is -2.10. The Morgan fingerprint density at radius 3 is 2.76 bits per heavy atom. The van der Waals surface area contributed by atoms with Crippen LogP contribution in [0.5, 0.6) is 11.6 Å². The molecule has 0 atom stereocenters. The van der Waals surface area contributed by atoms with Crippen molar-refractivity contribution in [3.8, 4) is 11.6 Å². The quantitative estimate of drug-likeness (QED) is 0.493. The molecule has 110 valence electrons. The number of aromatic nitrogens is 2. The van der Waals surface area contributed by atoms with Crippen molar-refractivity contribution >= 4 is 11.5 Å². The third kappa shape index (κ3) is 3.42. The monoisotopic (exact) mass is 289 g/mol. The van der Waals surface area contributed by atoms with Gasteiger partial charge in [0.25, 0.3) is 0 Å². The summed E-state index contributed by atoms with van der Waals surface area (Å²) in [5.74, 6) is 6.55. The topological polar surface area (TPSA) is 116 Å². The van der Waals surface area contributed by atoms with Crippen LogP contribution >= 0.6 is 0 Å². The van der Waals surface area contributed by atoms with Crippen LogP contribution in [-0.2, 0) is 6.42 Å². The van der Waals surface area contributed by atoms with Crippen molar-refractivity contribution in [2.75, 3.05) is 5.43 Å². The molecule has 0 radical (unpaired) electrons. The standard InChI is InChI=1S/C13H15N5O3/c1-3-11-15-12(17-14)7-13(16-11)21-10-5-4-8(2)6-9(10)18(19)20/h4-7H,3,14H2,1-2H3,(H,15,16,17). The van der Waals surface area contributed by atoms with Gasteiger partial charge in [0.15, 0.2) is 0 Å². The molecule has 1 aromatic heterocycles. The summed E-state index contributed by atoms with van der Waals surface area (Å²) in [4.78, 5) is 18.9. The molecule has 3 N–H and O–H groups in total. The number of aryl methyl sites for hydroxylation is 2. The minimum atomic E-state index is -0.494. The number of nitrogen functional groups attached to an aromatic ring is 1. The largest absolute Gasteiger partial charge is 0.432 e. The third-order valence-corrected chi connectivity index (χ3v) is 2.74. The second kappa shape index (κ2) is 6.14. The Morgan fingerprint density at radius 1 is 1.38 bits per heavy atom. The van der Waals surface area contributed by atoms with Gasteiger partial charge >= 0.3 is 5.69 Å². The number of nitro benzene ring substituents is 1. The lowest BCUT2D eigenvalue weighted by atomic mass is 10.2. The van der Waals surface area contributed by atoms with Crippen LogP contribution in [0.1, 0.15) is 18.3 Å². The van der Waals surface area contributed by atoms with E-state index in [9.17, 15) is 10.1 Å². The van der Waals surface area contributed by atoms with Gasteiger partial charge in [-0.3, -0.25) is 10.1 Å². The summed E-state index contributed by atoms with van der Waals surface area (Å²) in [6.45, 7) is 3.65. The highest BCUT2D eigenvalue weighted by molar-refractivity contribution is 5.50. The van der Waals surface area contributed by atoms with Gasteiger partial charge in [-0.2, -0.15) is 4.98 Å². The number of hydrogen-bond acceptors (Lipinski definition) is 7. The average molecular weight is 289 g/mol. The summed E-state index contributed by atoms with van der Waals surface area (Å²) in [5.41, 5.74) is 3.07. The lowest BCUT2D eigenvalue weighted by molar-refractivity contribution is -0.385. The van der Waals surface area contributed by atoms with Crippen LogP contribution in [0.15, 0.2) is 24.3 Å².